The molecule has 2 aromatic carbocycles. The number of nitrogens with zero attached hydrogens (tertiary/aromatic N) is 1. The minimum absolute atomic E-state index is 0.148. The molecule has 2 amide bonds. The Hall–Kier alpha value is -3.78. The zero-order valence-electron chi connectivity index (χ0n) is 16.4. The molecule has 3 aromatic rings. The van der Waals surface area contributed by atoms with Crippen molar-refractivity contribution in [1.29, 1.82) is 0 Å². The van der Waals surface area contributed by atoms with Gasteiger partial charge in [0.25, 0.3) is 11.1 Å². The van der Waals surface area contributed by atoms with Gasteiger partial charge in [0.05, 0.1) is 24.1 Å². The SMILES string of the molecule is COc1ccc(CN2C(=O)S/C(=C\c3ccc(-c4cccc(C(=O)O)c4)o3)C2=O)cc1. The summed E-state index contributed by atoms with van der Waals surface area (Å²) in [5, 5.41) is 8.78. The number of carboxylic acids is 1. The fraction of sp³-hybridized carbons (Fsp3) is 0.0870. The molecule has 7 nitrogen and oxygen atoms in total. The number of amides is 2. The van der Waals surface area contributed by atoms with E-state index >= 15 is 0 Å². The second kappa shape index (κ2) is 8.53. The number of aromatic carboxylic acids is 1. The average molecular weight is 435 g/mol. The Bertz CT molecular complexity index is 1190. The molecule has 1 fully saturated rings. The number of thioether (sulfide) groups is 1. The zero-order chi connectivity index (χ0) is 22.0. The molecule has 0 spiro atoms. The van der Waals surface area contributed by atoms with E-state index in [-0.39, 0.29) is 22.3 Å². The molecule has 8 heteroatoms. The van der Waals surface area contributed by atoms with Crippen molar-refractivity contribution in [2.24, 2.45) is 0 Å². The summed E-state index contributed by atoms with van der Waals surface area (Å²) in [5.41, 5.74) is 1.56. The Labute approximate surface area is 181 Å². The van der Waals surface area contributed by atoms with E-state index < -0.39 is 11.9 Å². The first-order valence-electron chi connectivity index (χ1n) is 9.26. The smallest absolute Gasteiger partial charge is 0.335 e. The first-order chi connectivity index (χ1) is 14.9. The normalized spacial score (nSPS) is 15.0. The van der Waals surface area contributed by atoms with Gasteiger partial charge in [0.1, 0.15) is 17.3 Å². The number of furan rings is 1. The molecule has 1 N–H and O–H groups in total. The summed E-state index contributed by atoms with van der Waals surface area (Å²) in [7, 11) is 1.57. The van der Waals surface area contributed by atoms with E-state index in [1.54, 1.807) is 55.6 Å². The fourth-order valence-corrected chi connectivity index (χ4v) is 3.89. The summed E-state index contributed by atoms with van der Waals surface area (Å²) in [6.45, 7) is 0.164. The van der Waals surface area contributed by atoms with Crippen LogP contribution < -0.4 is 4.74 Å². The molecule has 0 unspecified atom stereocenters. The molecule has 0 bridgehead atoms. The van der Waals surface area contributed by atoms with Crippen molar-refractivity contribution in [2.75, 3.05) is 7.11 Å². The molecular formula is C23H17NO6S. The summed E-state index contributed by atoms with van der Waals surface area (Å²) >= 11 is 0.851. The maximum absolute atomic E-state index is 12.7. The second-order valence-corrected chi connectivity index (χ2v) is 7.70. The lowest BCUT2D eigenvalue weighted by molar-refractivity contribution is -0.123. The molecule has 2 heterocycles. The van der Waals surface area contributed by atoms with Gasteiger partial charge in [-0.25, -0.2) is 4.79 Å². The topological polar surface area (TPSA) is 97.1 Å². The van der Waals surface area contributed by atoms with E-state index in [1.165, 1.54) is 23.1 Å². The number of imide groups is 1. The molecule has 0 atom stereocenters. The lowest BCUT2D eigenvalue weighted by atomic mass is 10.1. The molecule has 0 radical (unpaired) electrons. The van der Waals surface area contributed by atoms with Gasteiger partial charge in [0.15, 0.2) is 0 Å². The predicted molar refractivity (Wildman–Crippen MR) is 116 cm³/mol. The van der Waals surface area contributed by atoms with E-state index in [9.17, 15) is 14.4 Å². The summed E-state index contributed by atoms with van der Waals surface area (Å²) in [5.74, 6) is 0.133. The first-order valence-corrected chi connectivity index (χ1v) is 10.1. The molecule has 0 saturated carbocycles. The van der Waals surface area contributed by atoms with Crippen LogP contribution >= 0.6 is 11.8 Å². The Balaban J connectivity index is 1.52. The highest BCUT2D eigenvalue weighted by atomic mass is 32.2. The van der Waals surface area contributed by atoms with Crippen molar-refractivity contribution in [3.05, 3.63) is 82.5 Å². The molecule has 4 rings (SSSR count). The number of carbonyl (C=O) groups excluding carboxylic acids is 2. The lowest BCUT2D eigenvalue weighted by Crippen LogP contribution is -2.27. The van der Waals surface area contributed by atoms with Crippen LogP contribution in [-0.4, -0.2) is 34.2 Å². The summed E-state index contributed by atoms with van der Waals surface area (Å²) in [6, 6.07) is 16.9. The minimum Gasteiger partial charge on any atom is -0.497 e. The van der Waals surface area contributed by atoms with Crippen molar-refractivity contribution in [1.82, 2.24) is 4.90 Å². The van der Waals surface area contributed by atoms with Gasteiger partial charge in [-0.2, -0.15) is 0 Å². The highest BCUT2D eigenvalue weighted by Crippen LogP contribution is 2.34. The number of hydrogen-bond donors (Lipinski definition) is 1. The molecule has 0 aliphatic carbocycles. The van der Waals surface area contributed by atoms with Crippen LogP contribution in [0.4, 0.5) is 4.79 Å². The Morgan fingerprint density at radius 1 is 1.13 bits per heavy atom. The fourth-order valence-electron chi connectivity index (χ4n) is 3.07. The van der Waals surface area contributed by atoms with Crippen molar-refractivity contribution in [2.45, 2.75) is 6.54 Å². The lowest BCUT2D eigenvalue weighted by Gasteiger charge is -2.12. The molecule has 1 saturated heterocycles. The van der Waals surface area contributed by atoms with Crippen LogP contribution in [0.5, 0.6) is 5.75 Å². The van der Waals surface area contributed by atoms with E-state index in [2.05, 4.69) is 0 Å². The quantitative estimate of drug-likeness (QED) is 0.551. The molecule has 1 aliphatic rings. The zero-order valence-corrected chi connectivity index (χ0v) is 17.2. The summed E-state index contributed by atoms with van der Waals surface area (Å²) in [6.07, 6.45) is 1.52. The minimum atomic E-state index is -1.03. The van der Waals surface area contributed by atoms with Crippen LogP contribution in [0, 0.1) is 0 Å². The van der Waals surface area contributed by atoms with Gasteiger partial charge in [-0.3, -0.25) is 14.5 Å². The Morgan fingerprint density at radius 3 is 2.61 bits per heavy atom. The van der Waals surface area contributed by atoms with Crippen molar-refractivity contribution in [3.8, 4) is 17.1 Å². The Morgan fingerprint density at radius 2 is 1.90 bits per heavy atom. The van der Waals surface area contributed by atoms with E-state index in [4.69, 9.17) is 14.3 Å². The van der Waals surface area contributed by atoms with E-state index in [1.807, 2.05) is 0 Å². The van der Waals surface area contributed by atoms with Gasteiger partial charge in [-0.15, -0.1) is 0 Å². The second-order valence-electron chi connectivity index (χ2n) is 6.70. The van der Waals surface area contributed by atoms with Crippen molar-refractivity contribution in [3.63, 3.8) is 0 Å². The highest BCUT2D eigenvalue weighted by molar-refractivity contribution is 8.18. The van der Waals surface area contributed by atoms with Crippen LogP contribution in [0.25, 0.3) is 17.4 Å². The standard InChI is InChI=1S/C23H17NO6S/c1-29-17-7-5-14(6-8-17)13-24-21(25)20(31-23(24)28)12-18-9-10-19(30-18)15-3-2-4-16(11-15)22(26)27/h2-12H,13H2,1H3,(H,26,27)/b20-12-. The number of hydrogen-bond acceptors (Lipinski definition) is 6. The van der Waals surface area contributed by atoms with Gasteiger partial charge in [0, 0.05) is 11.6 Å². The van der Waals surface area contributed by atoms with Gasteiger partial charge in [-0.1, -0.05) is 24.3 Å². The average Bonchev–Trinajstić information content (AvgIpc) is 3.35. The number of ether oxygens (including phenoxy) is 1. The molecular weight excluding hydrogens is 418 g/mol. The number of carbonyl (C=O) groups is 3. The Kier molecular flexibility index (Phi) is 5.64. The van der Waals surface area contributed by atoms with E-state index in [0.717, 1.165) is 17.3 Å². The number of benzene rings is 2. The third-order valence-corrected chi connectivity index (χ3v) is 5.57. The summed E-state index contributed by atoms with van der Waals surface area (Å²) < 4.78 is 10.9. The van der Waals surface area contributed by atoms with Crippen LogP contribution in [0.1, 0.15) is 21.7 Å². The predicted octanol–water partition coefficient (Wildman–Crippen LogP) is 4.89. The molecule has 31 heavy (non-hydrogen) atoms. The maximum Gasteiger partial charge on any atom is 0.335 e. The van der Waals surface area contributed by atoms with Crippen LogP contribution in [0.3, 0.4) is 0 Å². The van der Waals surface area contributed by atoms with Gasteiger partial charge in [-0.05, 0) is 53.7 Å². The van der Waals surface area contributed by atoms with Crippen LogP contribution in [0.2, 0.25) is 0 Å². The third-order valence-electron chi connectivity index (χ3n) is 4.67. The van der Waals surface area contributed by atoms with E-state index in [0.29, 0.717) is 22.8 Å². The van der Waals surface area contributed by atoms with Crippen LogP contribution in [0.15, 0.2) is 70.0 Å². The number of carboxylic acid groups (broad SMARTS) is 1. The maximum atomic E-state index is 12.7. The van der Waals surface area contributed by atoms with Gasteiger partial charge in [0.2, 0.25) is 0 Å². The molecule has 1 aliphatic heterocycles. The largest absolute Gasteiger partial charge is 0.497 e. The third kappa shape index (κ3) is 4.39. The monoisotopic (exact) mass is 435 g/mol. The highest BCUT2D eigenvalue weighted by Gasteiger charge is 2.35. The molecule has 156 valence electrons. The number of rotatable bonds is 6. The van der Waals surface area contributed by atoms with Crippen molar-refractivity contribution < 1.29 is 28.6 Å². The first kappa shape index (κ1) is 20.5. The summed E-state index contributed by atoms with van der Waals surface area (Å²) in [4.78, 5) is 37.7. The van der Waals surface area contributed by atoms with Crippen molar-refractivity contribution >= 4 is 35.0 Å². The van der Waals surface area contributed by atoms with Crippen LogP contribution in [-0.2, 0) is 11.3 Å². The number of methoxy groups -OCH3 is 1. The van der Waals surface area contributed by atoms with Gasteiger partial charge >= 0.3 is 5.97 Å². The van der Waals surface area contributed by atoms with Gasteiger partial charge < -0.3 is 14.3 Å². The molecule has 1 aromatic heterocycles.